The number of rotatable bonds is 4. The molecule has 0 aliphatic rings. The van der Waals surface area contributed by atoms with Gasteiger partial charge in [-0.15, -0.1) is 6.58 Å². The lowest BCUT2D eigenvalue weighted by atomic mass is 10.2. The molecule has 1 rings (SSSR count). The molecule has 1 aromatic rings. The molecule has 0 spiro atoms. The zero-order valence-corrected chi connectivity index (χ0v) is 8.16. The Morgan fingerprint density at radius 2 is 2.50 bits per heavy atom. The largest absolute Gasteiger partial charge is 0.490 e. The molecule has 0 amide bonds. The van der Waals surface area contributed by atoms with E-state index in [4.69, 9.17) is 10.00 Å². The van der Waals surface area contributed by atoms with Gasteiger partial charge in [-0.2, -0.15) is 5.26 Å². The molecule has 0 fully saturated rings. The normalized spacial score (nSPS) is 9.14. The second-order valence-corrected chi connectivity index (χ2v) is 3.02. The summed E-state index contributed by atoms with van der Waals surface area (Å²) in [7, 11) is 0. The Hall–Kier alpha value is -1.82. The summed E-state index contributed by atoms with van der Waals surface area (Å²) in [6.07, 6.45) is 2.37. The molecule has 72 valence electrons. The summed E-state index contributed by atoms with van der Waals surface area (Å²) >= 11 is 0. The Bertz CT molecular complexity index is 366. The number of pyridine rings is 1. The van der Waals surface area contributed by atoms with E-state index in [0.29, 0.717) is 18.1 Å². The van der Waals surface area contributed by atoms with Crippen LogP contribution in [0.1, 0.15) is 19.0 Å². The average molecular weight is 188 g/mol. The molecule has 0 aliphatic heterocycles. The van der Waals surface area contributed by atoms with Gasteiger partial charge in [-0.3, -0.25) is 0 Å². The van der Waals surface area contributed by atoms with Crippen molar-refractivity contribution in [1.82, 2.24) is 4.98 Å². The van der Waals surface area contributed by atoms with Crippen molar-refractivity contribution >= 4 is 0 Å². The fourth-order valence-electron chi connectivity index (χ4n) is 0.926. The average Bonchev–Trinajstić information content (AvgIpc) is 2.18. The molecule has 0 bridgehead atoms. The van der Waals surface area contributed by atoms with Crippen molar-refractivity contribution in [3.8, 4) is 11.8 Å². The topological polar surface area (TPSA) is 45.9 Å². The van der Waals surface area contributed by atoms with Gasteiger partial charge in [0.1, 0.15) is 6.07 Å². The molecule has 0 aliphatic carbocycles. The zero-order valence-electron chi connectivity index (χ0n) is 8.16. The maximum absolute atomic E-state index is 8.72. The zero-order chi connectivity index (χ0) is 10.4. The van der Waals surface area contributed by atoms with E-state index in [0.717, 1.165) is 12.0 Å². The van der Waals surface area contributed by atoms with Crippen LogP contribution in [-0.2, 0) is 0 Å². The third-order valence-corrected chi connectivity index (χ3v) is 1.66. The number of hydrogen-bond acceptors (Lipinski definition) is 3. The minimum absolute atomic E-state index is 0.328. The SMILES string of the molecule is C=C(C)CCOc1cccnc1C#N. The van der Waals surface area contributed by atoms with Crippen molar-refractivity contribution in [2.45, 2.75) is 13.3 Å². The standard InChI is InChI=1S/C11H12N2O/c1-9(2)5-7-14-11-4-3-6-13-10(11)8-12/h3-4,6H,1,5,7H2,2H3. The van der Waals surface area contributed by atoms with Gasteiger partial charge < -0.3 is 4.74 Å². The van der Waals surface area contributed by atoms with Crippen molar-refractivity contribution in [2.75, 3.05) is 6.61 Å². The fourth-order valence-corrected chi connectivity index (χ4v) is 0.926. The van der Waals surface area contributed by atoms with Crippen LogP contribution in [0, 0.1) is 11.3 Å². The Morgan fingerprint density at radius 1 is 1.71 bits per heavy atom. The van der Waals surface area contributed by atoms with Crippen LogP contribution in [0.15, 0.2) is 30.5 Å². The van der Waals surface area contributed by atoms with Crippen molar-refractivity contribution < 1.29 is 4.74 Å². The number of hydrogen-bond donors (Lipinski definition) is 0. The van der Waals surface area contributed by atoms with Gasteiger partial charge in [0.2, 0.25) is 0 Å². The van der Waals surface area contributed by atoms with Crippen LogP contribution in [-0.4, -0.2) is 11.6 Å². The molecule has 14 heavy (non-hydrogen) atoms. The van der Waals surface area contributed by atoms with Crippen LogP contribution >= 0.6 is 0 Å². The van der Waals surface area contributed by atoms with Crippen molar-refractivity contribution in [2.24, 2.45) is 0 Å². The molecule has 0 saturated heterocycles. The van der Waals surface area contributed by atoms with E-state index < -0.39 is 0 Å². The first-order valence-corrected chi connectivity index (χ1v) is 4.36. The van der Waals surface area contributed by atoms with E-state index in [1.165, 1.54) is 0 Å². The first-order chi connectivity index (χ1) is 6.74. The van der Waals surface area contributed by atoms with E-state index in [1.807, 2.05) is 13.0 Å². The highest BCUT2D eigenvalue weighted by Gasteiger charge is 2.02. The molecule has 0 saturated carbocycles. The number of nitriles is 1. The van der Waals surface area contributed by atoms with Crippen LogP contribution in [0.3, 0.4) is 0 Å². The molecular weight excluding hydrogens is 176 g/mol. The number of aromatic nitrogens is 1. The minimum Gasteiger partial charge on any atom is -0.490 e. The van der Waals surface area contributed by atoms with Gasteiger partial charge in [0.25, 0.3) is 0 Å². The van der Waals surface area contributed by atoms with E-state index >= 15 is 0 Å². The fraction of sp³-hybridized carbons (Fsp3) is 0.273. The lowest BCUT2D eigenvalue weighted by molar-refractivity contribution is 0.319. The predicted octanol–water partition coefficient (Wildman–Crippen LogP) is 2.30. The van der Waals surface area contributed by atoms with Crippen LogP contribution in [0.2, 0.25) is 0 Å². The quantitative estimate of drug-likeness (QED) is 0.681. The Labute approximate surface area is 83.7 Å². The van der Waals surface area contributed by atoms with Crippen molar-refractivity contribution in [3.63, 3.8) is 0 Å². The van der Waals surface area contributed by atoms with Gasteiger partial charge in [-0.1, -0.05) is 5.57 Å². The third kappa shape index (κ3) is 2.91. The molecule has 0 radical (unpaired) electrons. The first-order valence-electron chi connectivity index (χ1n) is 4.36. The van der Waals surface area contributed by atoms with E-state index in [-0.39, 0.29) is 0 Å². The van der Waals surface area contributed by atoms with Crippen LogP contribution < -0.4 is 4.74 Å². The van der Waals surface area contributed by atoms with Crippen molar-refractivity contribution in [1.29, 1.82) is 5.26 Å². The predicted molar refractivity (Wildman–Crippen MR) is 53.9 cm³/mol. The Morgan fingerprint density at radius 3 is 3.14 bits per heavy atom. The third-order valence-electron chi connectivity index (χ3n) is 1.66. The molecule has 1 heterocycles. The van der Waals surface area contributed by atoms with Gasteiger partial charge in [-0.05, 0) is 19.1 Å². The maximum Gasteiger partial charge on any atom is 0.182 e. The second-order valence-electron chi connectivity index (χ2n) is 3.02. The molecule has 0 unspecified atom stereocenters. The summed E-state index contributed by atoms with van der Waals surface area (Å²) in [6.45, 7) is 6.25. The summed E-state index contributed by atoms with van der Waals surface area (Å²) in [5.74, 6) is 0.538. The molecule has 0 aromatic carbocycles. The maximum atomic E-state index is 8.72. The lowest BCUT2D eigenvalue weighted by Crippen LogP contribution is -2.00. The first kappa shape index (κ1) is 10.3. The molecular formula is C11H12N2O. The smallest absolute Gasteiger partial charge is 0.182 e. The number of nitrogens with zero attached hydrogens (tertiary/aromatic N) is 2. The summed E-state index contributed by atoms with van der Waals surface area (Å²) in [5.41, 5.74) is 1.39. The van der Waals surface area contributed by atoms with Crippen molar-refractivity contribution in [3.05, 3.63) is 36.2 Å². The second kappa shape index (κ2) is 5.03. The Balaban J connectivity index is 2.59. The van der Waals surface area contributed by atoms with Crippen LogP contribution in [0.5, 0.6) is 5.75 Å². The summed E-state index contributed by atoms with van der Waals surface area (Å²) in [6, 6.07) is 5.46. The van der Waals surface area contributed by atoms with E-state index in [1.54, 1.807) is 18.3 Å². The highest BCUT2D eigenvalue weighted by atomic mass is 16.5. The molecule has 0 N–H and O–H groups in total. The van der Waals surface area contributed by atoms with Crippen LogP contribution in [0.25, 0.3) is 0 Å². The van der Waals surface area contributed by atoms with Gasteiger partial charge in [0, 0.05) is 12.6 Å². The summed E-state index contributed by atoms with van der Waals surface area (Å²) in [5, 5.41) is 8.72. The van der Waals surface area contributed by atoms with Gasteiger partial charge >= 0.3 is 0 Å². The van der Waals surface area contributed by atoms with Gasteiger partial charge in [0.15, 0.2) is 11.4 Å². The number of ether oxygens (including phenoxy) is 1. The molecule has 1 aromatic heterocycles. The van der Waals surface area contributed by atoms with Crippen LogP contribution in [0.4, 0.5) is 0 Å². The minimum atomic E-state index is 0.328. The van der Waals surface area contributed by atoms with E-state index in [9.17, 15) is 0 Å². The molecule has 3 nitrogen and oxygen atoms in total. The summed E-state index contributed by atoms with van der Waals surface area (Å²) in [4.78, 5) is 3.89. The molecule has 0 atom stereocenters. The summed E-state index contributed by atoms with van der Waals surface area (Å²) < 4.78 is 5.39. The highest BCUT2D eigenvalue weighted by Crippen LogP contribution is 2.14. The molecule has 3 heteroatoms. The highest BCUT2D eigenvalue weighted by molar-refractivity contribution is 5.36. The lowest BCUT2D eigenvalue weighted by Gasteiger charge is -2.05. The Kier molecular flexibility index (Phi) is 3.69. The van der Waals surface area contributed by atoms with E-state index in [2.05, 4.69) is 11.6 Å². The van der Waals surface area contributed by atoms with Gasteiger partial charge in [0.05, 0.1) is 6.61 Å². The van der Waals surface area contributed by atoms with Gasteiger partial charge in [-0.25, -0.2) is 4.98 Å². The monoisotopic (exact) mass is 188 g/mol.